The summed E-state index contributed by atoms with van der Waals surface area (Å²) in [6.45, 7) is 8.99. The molecule has 35 heavy (non-hydrogen) atoms. The molecule has 183 valence electrons. The van der Waals surface area contributed by atoms with Gasteiger partial charge in [-0.25, -0.2) is 4.98 Å². The Balaban J connectivity index is 0.000000251. The number of nitriles is 1. The van der Waals surface area contributed by atoms with Gasteiger partial charge in [0, 0.05) is 6.20 Å². The molecule has 0 amide bonds. The minimum absolute atomic E-state index is 0.350. The van der Waals surface area contributed by atoms with Gasteiger partial charge in [-0.3, -0.25) is 0 Å². The molecule has 0 saturated carbocycles. The number of aryl methyl sites for hydroxylation is 2. The number of allylic oxidation sites excluding steroid dienone is 1. The van der Waals surface area contributed by atoms with E-state index < -0.39 is 0 Å². The maximum atomic E-state index is 9.01. The standard InChI is InChI=1S/C15H18BN2O.C12H13Cl2NO/c1-4-5-13-8-15(7-6-12(13)2)19-10-14-9-18(16-3)11-17-14;1-2-3-9-6-10(8-15)12(11(14)7-9)16-5-4-13/h4-9,11H,10H2,1-3H3;6-7H,2-5H2,1H3/b5-4-;. The number of benzene rings is 2. The van der Waals surface area contributed by atoms with E-state index in [0.717, 1.165) is 29.8 Å². The number of halogens is 2. The molecule has 8 heteroatoms. The SMILES string of the molecule is CCCc1cc(Cl)c(OCCCl)c(C#N)c1.C[B]n1cnc(COc2ccc(C)c(/C=C\C)c2)c1. The van der Waals surface area contributed by atoms with Crippen molar-refractivity contribution in [3.63, 3.8) is 0 Å². The second-order valence-electron chi connectivity index (χ2n) is 7.73. The third kappa shape index (κ3) is 9.01. The second kappa shape index (κ2) is 15.2. The molecule has 5 nitrogen and oxygen atoms in total. The zero-order valence-corrected chi connectivity index (χ0v) is 22.2. The summed E-state index contributed by atoms with van der Waals surface area (Å²) in [6, 6.07) is 11.9. The number of alkyl halides is 1. The van der Waals surface area contributed by atoms with Crippen LogP contribution in [0.1, 0.15) is 48.2 Å². The first-order valence-corrected chi connectivity index (χ1v) is 12.5. The molecule has 0 saturated heterocycles. The van der Waals surface area contributed by atoms with Crippen LogP contribution in [0.2, 0.25) is 11.8 Å². The van der Waals surface area contributed by atoms with Crippen molar-refractivity contribution in [1.82, 2.24) is 9.46 Å². The Bertz CT molecular complexity index is 1160. The third-order valence-electron chi connectivity index (χ3n) is 5.02. The first-order valence-electron chi connectivity index (χ1n) is 11.5. The fraction of sp³-hybridized carbons (Fsp3) is 0.333. The zero-order valence-electron chi connectivity index (χ0n) is 20.7. The lowest BCUT2D eigenvalue weighted by atomic mass is 10.0. The zero-order chi connectivity index (χ0) is 25.6. The highest BCUT2D eigenvalue weighted by Gasteiger charge is 2.10. The Kier molecular flexibility index (Phi) is 12.3. The Hall–Kier alpha value is -2.88. The minimum atomic E-state index is 0.350. The number of imidazole rings is 1. The highest BCUT2D eigenvalue weighted by molar-refractivity contribution is 6.32. The van der Waals surface area contributed by atoms with Crippen LogP contribution < -0.4 is 9.47 Å². The van der Waals surface area contributed by atoms with Crippen molar-refractivity contribution in [3.05, 3.63) is 81.9 Å². The Labute approximate surface area is 219 Å². The van der Waals surface area contributed by atoms with Crippen molar-refractivity contribution in [1.29, 1.82) is 5.26 Å². The van der Waals surface area contributed by atoms with Crippen molar-refractivity contribution in [2.75, 3.05) is 12.5 Å². The van der Waals surface area contributed by atoms with Gasteiger partial charge in [0.2, 0.25) is 7.41 Å². The van der Waals surface area contributed by atoms with Crippen molar-refractivity contribution < 1.29 is 9.47 Å². The number of nitrogens with zero attached hydrogens (tertiary/aromatic N) is 3. The highest BCUT2D eigenvalue weighted by atomic mass is 35.5. The fourth-order valence-electron chi connectivity index (χ4n) is 3.27. The van der Waals surface area contributed by atoms with E-state index in [9.17, 15) is 0 Å². The van der Waals surface area contributed by atoms with Gasteiger partial charge < -0.3 is 14.0 Å². The van der Waals surface area contributed by atoms with E-state index in [2.05, 4.69) is 43.1 Å². The van der Waals surface area contributed by atoms with Gasteiger partial charge in [0.15, 0.2) is 5.75 Å². The van der Waals surface area contributed by atoms with Crippen molar-refractivity contribution in [3.8, 4) is 17.6 Å². The normalized spacial score (nSPS) is 10.4. The van der Waals surface area contributed by atoms with Crippen molar-refractivity contribution >= 4 is 36.7 Å². The molecule has 0 aliphatic carbocycles. The Morgan fingerprint density at radius 3 is 2.66 bits per heavy atom. The lowest BCUT2D eigenvalue weighted by molar-refractivity contribution is 0.302. The van der Waals surface area contributed by atoms with Gasteiger partial charge in [0.05, 0.1) is 28.5 Å². The summed E-state index contributed by atoms with van der Waals surface area (Å²) >= 11 is 11.6. The van der Waals surface area contributed by atoms with Crippen LogP contribution in [0.5, 0.6) is 11.5 Å². The van der Waals surface area contributed by atoms with E-state index in [0.29, 0.717) is 35.4 Å². The van der Waals surface area contributed by atoms with Crippen LogP contribution in [0.15, 0.2) is 48.9 Å². The number of hydrogen-bond acceptors (Lipinski definition) is 4. The molecule has 0 spiro atoms. The van der Waals surface area contributed by atoms with Gasteiger partial charge >= 0.3 is 0 Å². The second-order valence-corrected chi connectivity index (χ2v) is 8.52. The quantitative estimate of drug-likeness (QED) is 0.215. The molecule has 0 fully saturated rings. The molecular formula is C27H31BCl2N3O2. The predicted octanol–water partition coefficient (Wildman–Crippen LogP) is 7.10. The molecule has 0 bridgehead atoms. The average Bonchev–Trinajstić information content (AvgIpc) is 3.32. The van der Waals surface area contributed by atoms with Gasteiger partial charge in [0.25, 0.3) is 0 Å². The van der Waals surface area contributed by atoms with Crippen LogP contribution in [0.3, 0.4) is 0 Å². The average molecular weight is 511 g/mol. The molecule has 1 aromatic heterocycles. The molecule has 3 aromatic rings. The number of hydrogen-bond donors (Lipinski definition) is 0. The molecule has 1 radical (unpaired) electrons. The highest BCUT2D eigenvalue weighted by Crippen LogP contribution is 2.30. The minimum Gasteiger partial charge on any atom is -0.489 e. The number of rotatable bonds is 10. The summed E-state index contributed by atoms with van der Waals surface area (Å²) in [7, 11) is 1.95. The summed E-state index contributed by atoms with van der Waals surface area (Å²) < 4.78 is 13.0. The first-order chi connectivity index (χ1) is 16.9. The van der Waals surface area contributed by atoms with Crippen LogP contribution in [0, 0.1) is 18.3 Å². The lowest BCUT2D eigenvalue weighted by Crippen LogP contribution is -2.01. The predicted molar refractivity (Wildman–Crippen MR) is 146 cm³/mol. The molecule has 0 aliphatic rings. The maximum Gasteiger partial charge on any atom is 0.249 e. The Morgan fingerprint density at radius 1 is 1.23 bits per heavy atom. The van der Waals surface area contributed by atoms with Crippen LogP contribution in [-0.2, 0) is 13.0 Å². The third-order valence-corrected chi connectivity index (χ3v) is 5.46. The number of aromatic nitrogens is 2. The number of ether oxygens (including phenoxy) is 2. The molecular weight excluding hydrogens is 480 g/mol. The first kappa shape index (κ1) is 28.4. The van der Waals surface area contributed by atoms with E-state index in [1.165, 1.54) is 11.1 Å². The van der Waals surface area contributed by atoms with E-state index in [-0.39, 0.29) is 0 Å². The summed E-state index contributed by atoms with van der Waals surface area (Å²) in [5.41, 5.74) is 4.89. The maximum absolute atomic E-state index is 9.01. The van der Waals surface area contributed by atoms with Gasteiger partial charge in [-0.2, -0.15) is 5.26 Å². The summed E-state index contributed by atoms with van der Waals surface area (Å²) in [5, 5.41) is 9.49. The summed E-state index contributed by atoms with van der Waals surface area (Å²) in [4.78, 5) is 4.27. The molecule has 0 atom stereocenters. The van der Waals surface area contributed by atoms with Crippen LogP contribution in [0.25, 0.3) is 6.08 Å². The smallest absolute Gasteiger partial charge is 0.249 e. The monoisotopic (exact) mass is 510 g/mol. The summed E-state index contributed by atoms with van der Waals surface area (Å²) in [6.07, 6.45) is 9.78. The Morgan fingerprint density at radius 2 is 2.03 bits per heavy atom. The largest absolute Gasteiger partial charge is 0.489 e. The van der Waals surface area contributed by atoms with Crippen LogP contribution in [-0.4, -0.2) is 29.4 Å². The van der Waals surface area contributed by atoms with E-state index in [1.807, 2.05) is 56.1 Å². The summed E-state index contributed by atoms with van der Waals surface area (Å²) in [5.74, 6) is 1.68. The van der Waals surface area contributed by atoms with Crippen molar-refractivity contribution in [2.24, 2.45) is 0 Å². The molecule has 1 heterocycles. The van der Waals surface area contributed by atoms with E-state index in [1.54, 1.807) is 6.33 Å². The molecule has 0 N–H and O–H groups in total. The topological polar surface area (TPSA) is 60.1 Å². The van der Waals surface area contributed by atoms with Gasteiger partial charge in [-0.05, 0) is 61.2 Å². The van der Waals surface area contributed by atoms with E-state index >= 15 is 0 Å². The lowest BCUT2D eigenvalue weighted by Gasteiger charge is -2.10. The fourth-order valence-corrected chi connectivity index (χ4v) is 3.65. The molecule has 2 aromatic carbocycles. The van der Waals surface area contributed by atoms with Crippen LogP contribution >= 0.6 is 23.2 Å². The van der Waals surface area contributed by atoms with E-state index in [4.69, 9.17) is 37.9 Å². The van der Waals surface area contributed by atoms with Crippen molar-refractivity contribution in [2.45, 2.75) is 47.0 Å². The molecule has 0 unspecified atom stereocenters. The molecule has 3 rings (SSSR count). The molecule has 0 aliphatic heterocycles. The van der Waals surface area contributed by atoms with Gasteiger partial charge in [-0.15, -0.1) is 11.6 Å². The van der Waals surface area contributed by atoms with Gasteiger partial charge in [-0.1, -0.05) is 50.0 Å². The van der Waals surface area contributed by atoms with Gasteiger partial charge in [0.1, 0.15) is 25.0 Å². The van der Waals surface area contributed by atoms with Crippen LogP contribution in [0.4, 0.5) is 0 Å².